The molecule has 0 saturated carbocycles. The highest BCUT2D eigenvalue weighted by Crippen LogP contribution is 2.30. The molecule has 0 fully saturated rings. The first-order valence-corrected chi connectivity index (χ1v) is 11.1. The Bertz CT molecular complexity index is 1440. The zero-order valence-electron chi connectivity index (χ0n) is 19.7. The maximum absolute atomic E-state index is 13.3. The molecule has 186 valence electrons. The lowest BCUT2D eigenvalue weighted by Crippen LogP contribution is -2.45. The molecule has 0 radical (unpaired) electrons. The lowest BCUT2D eigenvalue weighted by molar-refractivity contribution is -0.145. The van der Waals surface area contributed by atoms with Crippen LogP contribution < -0.4 is 5.32 Å². The van der Waals surface area contributed by atoms with Crippen molar-refractivity contribution >= 4 is 17.7 Å². The van der Waals surface area contributed by atoms with Gasteiger partial charge in [-0.05, 0) is 31.5 Å². The fourth-order valence-corrected chi connectivity index (χ4v) is 4.13. The number of hydrogen-bond donors (Lipinski definition) is 1. The minimum absolute atomic E-state index is 0.0581. The Labute approximate surface area is 203 Å². The van der Waals surface area contributed by atoms with E-state index in [0.29, 0.717) is 23.9 Å². The molecule has 1 aliphatic heterocycles. The van der Waals surface area contributed by atoms with Crippen molar-refractivity contribution in [3.8, 4) is 11.3 Å². The summed E-state index contributed by atoms with van der Waals surface area (Å²) in [6.45, 7) is 4.14. The molecule has 5 heterocycles. The summed E-state index contributed by atoms with van der Waals surface area (Å²) >= 11 is 0. The molecule has 0 aromatic carbocycles. The van der Waals surface area contributed by atoms with Gasteiger partial charge in [0.1, 0.15) is 11.5 Å². The van der Waals surface area contributed by atoms with Crippen LogP contribution in [0.25, 0.3) is 11.3 Å². The molecule has 0 saturated heterocycles. The van der Waals surface area contributed by atoms with Crippen molar-refractivity contribution < 1.29 is 18.0 Å². The van der Waals surface area contributed by atoms with E-state index < -0.39 is 12.0 Å². The molecule has 13 heteroatoms. The fourth-order valence-electron chi connectivity index (χ4n) is 4.13. The zero-order valence-corrected chi connectivity index (χ0v) is 19.7. The van der Waals surface area contributed by atoms with Crippen molar-refractivity contribution in [3.05, 3.63) is 65.8 Å². The first-order valence-electron chi connectivity index (χ1n) is 11.1. The number of aromatic nitrogens is 7. The molecule has 1 N–H and O–H groups in total. The summed E-state index contributed by atoms with van der Waals surface area (Å²) < 4.78 is 42.6. The number of carbonyl (C=O) groups excluding carboxylic acids is 1. The average molecular weight is 497 g/mol. The minimum atomic E-state index is -4.66. The number of aryl methyl sites for hydroxylation is 2. The predicted octanol–water partition coefficient (Wildman–Crippen LogP) is 3.58. The van der Waals surface area contributed by atoms with Gasteiger partial charge in [0.15, 0.2) is 0 Å². The van der Waals surface area contributed by atoms with E-state index in [1.54, 1.807) is 36.3 Å². The summed E-state index contributed by atoms with van der Waals surface area (Å²) in [6.07, 6.45) is 1.61. The lowest BCUT2D eigenvalue weighted by atomic mass is 10.1. The number of nitrogens with zero attached hydrogens (tertiary/aromatic N) is 8. The molecule has 0 spiro atoms. The molecule has 1 atom stereocenters. The van der Waals surface area contributed by atoms with E-state index in [1.165, 1.54) is 11.0 Å². The Morgan fingerprint density at radius 1 is 1.17 bits per heavy atom. The summed E-state index contributed by atoms with van der Waals surface area (Å²) in [7, 11) is 1.79. The molecule has 4 aromatic rings. The van der Waals surface area contributed by atoms with Gasteiger partial charge in [-0.15, -0.1) is 0 Å². The number of carbonyl (C=O) groups is 1. The largest absolute Gasteiger partial charge is 0.451 e. The Kier molecular flexibility index (Phi) is 5.69. The minimum Gasteiger partial charge on any atom is -0.341 e. The van der Waals surface area contributed by atoms with Crippen molar-refractivity contribution in [1.82, 2.24) is 39.2 Å². The van der Waals surface area contributed by atoms with E-state index in [0.717, 1.165) is 23.1 Å². The SMILES string of the molecule is Cc1cnc(Nc2ccnn2C)nc1-c1cc2n(c1)C[C@H](C)N(Cc1ccnc(C(F)(F)F)n1)C2=O. The highest BCUT2D eigenvalue weighted by Gasteiger charge is 2.36. The second-order valence-corrected chi connectivity index (χ2v) is 8.61. The molecule has 36 heavy (non-hydrogen) atoms. The molecular weight excluding hydrogens is 475 g/mol. The first-order chi connectivity index (χ1) is 17.1. The van der Waals surface area contributed by atoms with Crippen LogP contribution >= 0.6 is 0 Å². The van der Waals surface area contributed by atoms with Gasteiger partial charge in [-0.2, -0.15) is 18.3 Å². The number of alkyl halides is 3. The summed E-state index contributed by atoms with van der Waals surface area (Å²) in [5.41, 5.74) is 2.77. The highest BCUT2D eigenvalue weighted by atomic mass is 19.4. The molecular formula is C23H22F3N9O. The number of amides is 1. The maximum atomic E-state index is 13.3. The van der Waals surface area contributed by atoms with Gasteiger partial charge in [-0.25, -0.2) is 19.9 Å². The summed E-state index contributed by atoms with van der Waals surface area (Å²) in [6, 6.07) is 4.66. The quantitative estimate of drug-likeness (QED) is 0.449. The Balaban J connectivity index is 1.42. The third-order valence-corrected chi connectivity index (χ3v) is 5.97. The van der Waals surface area contributed by atoms with Gasteiger partial charge in [0.25, 0.3) is 5.91 Å². The monoisotopic (exact) mass is 497 g/mol. The Hall–Kier alpha value is -4.29. The van der Waals surface area contributed by atoms with Crippen molar-refractivity contribution in [3.63, 3.8) is 0 Å². The van der Waals surface area contributed by atoms with Crippen molar-refractivity contribution in [1.29, 1.82) is 0 Å². The van der Waals surface area contributed by atoms with Crippen LogP contribution in [0.2, 0.25) is 0 Å². The second-order valence-electron chi connectivity index (χ2n) is 8.61. The molecule has 4 aromatic heterocycles. The van der Waals surface area contributed by atoms with Crippen LogP contribution in [0.3, 0.4) is 0 Å². The molecule has 1 amide bonds. The third-order valence-electron chi connectivity index (χ3n) is 5.97. The highest BCUT2D eigenvalue weighted by molar-refractivity contribution is 5.95. The van der Waals surface area contributed by atoms with E-state index in [1.807, 2.05) is 24.6 Å². The van der Waals surface area contributed by atoms with Crippen LogP contribution in [-0.4, -0.2) is 51.1 Å². The van der Waals surface area contributed by atoms with Gasteiger partial charge in [0.2, 0.25) is 11.8 Å². The van der Waals surface area contributed by atoms with Crippen LogP contribution in [0.1, 0.15) is 34.5 Å². The summed E-state index contributed by atoms with van der Waals surface area (Å²) in [5.74, 6) is -0.419. The maximum Gasteiger partial charge on any atom is 0.451 e. The van der Waals surface area contributed by atoms with E-state index >= 15 is 0 Å². The van der Waals surface area contributed by atoms with E-state index in [2.05, 4.69) is 30.4 Å². The normalized spacial score (nSPS) is 15.8. The molecule has 0 aliphatic carbocycles. The van der Waals surface area contributed by atoms with Crippen LogP contribution in [0.4, 0.5) is 24.9 Å². The molecule has 1 aliphatic rings. The van der Waals surface area contributed by atoms with Gasteiger partial charge in [-0.1, -0.05) is 0 Å². The topological polar surface area (TPSA) is 107 Å². The number of hydrogen-bond acceptors (Lipinski definition) is 7. The Morgan fingerprint density at radius 2 is 1.97 bits per heavy atom. The molecule has 10 nitrogen and oxygen atoms in total. The fraction of sp³-hybridized carbons (Fsp3) is 0.304. The number of fused-ring (bicyclic) bond motifs is 1. The molecule has 0 bridgehead atoms. The predicted molar refractivity (Wildman–Crippen MR) is 123 cm³/mol. The van der Waals surface area contributed by atoms with E-state index in [4.69, 9.17) is 0 Å². The first kappa shape index (κ1) is 23.5. The van der Waals surface area contributed by atoms with E-state index in [9.17, 15) is 18.0 Å². The number of anilines is 2. The van der Waals surface area contributed by atoms with Gasteiger partial charge < -0.3 is 14.8 Å². The third kappa shape index (κ3) is 4.39. The Morgan fingerprint density at radius 3 is 2.69 bits per heavy atom. The number of rotatable bonds is 5. The lowest BCUT2D eigenvalue weighted by Gasteiger charge is -2.34. The van der Waals surface area contributed by atoms with Crippen LogP contribution in [-0.2, 0) is 26.3 Å². The average Bonchev–Trinajstić information content (AvgIpc) is 3.43. The zero-order chi connectivity index (χ0) is 25.6. The standard InChI is InChI=1S/C23H22F3N9O/c1-13-9-28-22(31-18-5-7-29-33(18)3)32-19(13)15-8-17-20(36)35(14(2)10-34(17)11-15)12-16-4-6-27-21(30-16)23(24,25)26/h4-9,11,14H,10,12H2,1-3H3,(H,28,31,32)/t14-/m0/s1. The van der Waals surface area contributed by atoms with Crippen molar-refractivity contribution in [2.24, 2.45) is 7.05 Å². The number of nitrogens with one attached hydrogen (secondary N) is 1. The van der Waals surface area contributed by atoms with Gasteiger partial charge >= 0.3 is 6.18 Å². The smallest absolute Gasteiger partial charge is 0.341 e. The van der Waals surface area contributed by atoms with Crippen LogP contribution in [0.5, 0.6) is 0 Å². The molecule has 5 rings (SSSR count). The van der Waals surface area contributed by atoms with Gasteiger partial charge in [0, 0.05) is 49.9 Å². The number of halogens is 3. The van der Waals surface area contributed by atoms with Crippen molar-refractivity contribution in [2.45, 2.75) is 39.2 Å². The summed E-state index contributed by atoms with van der Waals surface area (Å²) in [5, 5.41) is 7.23. The molecule has 0 unspecified atom stereocenters. The van der Waals surface area contributed by atoms with Crippen molar-refractivity contribution in [2.75, 3.05) is 5.32 Å². The van der Waals surface area contributed by atoms with Crippen LogP contribution in [0, 0.1) is 6.92 Å². The second kappa shape index (κ2) is 8.73. The van der Waals surface area contributed by atoms with E-state index in [-0.39, 0.29) is 24.2 Å². The summed E-state index contributed by atoms with van der Waals surface area (Å²) in [4.78, 5) is 30.7. The van der Waals surface area contributed by atoms with Gasteiger partial charge in [0.05, 0.1) is 24.1 Å². The van der Waals surface area contributed by atoms with Crippen LogP contribution in [0.15, 0.2) is 43.0 Å². The van der Waals surface area contributed by atoms with Gasteiger partial charge in [-0.3, -0.25) is 9.48 Å².